The van der Waals surface area contributed by atoms with Gasteiger partial charge in [0.2, 0.25) is 0 Å². The molecule has 0 aromatic heterocycles. The maximum atomic E-state index is 11.0. The Morgan fingerprint density at radius 3 is 1.95 bits per heavy atom. The van der Waals surface area contributed by atoms with Gasteiger partial charge < -0.3 is 4.74 Å². The van der Waals surface area contributed by atoms with Gasteiger partial charge in [0.05, 0.1) is 6.61 Å². The van der Waals surface area contributed by atoms with E-state index < -0.39 is 3.93 Å². The van der Waals surface area contributed by atoms with Crippen LogP contribution in [0.5, 0.6) is 0 Å². The van der Waals surface area contributed by atoms with E-state index in [2.05, 4.69) is 45.9 Å². The average molecular weight is 493 g/mol. The van der Waals surface area contributed by atoms with Crippen molar-refractivity contribution in [2.24, 2.45) is 0 Å². The van der Waals surface area contributed by atoms with Gasteiger partial charge in [-0.3, -0.25) is 0 Å². The minimum absolute atomic E-state index is 0.225. The van der Waals surface area contributed by atoms with Crippen LogP contribution in [0, 0.1) is 0 Å². The van der Waals surface area contributed by atoms with Gasteiger partial charge >= 0.3 is 5.97 Å². The van der Waals surface area contributed by atoms with Crippen LogP contribution in [0.4, 0.5) is 0 Å². The SMILES string of the molecule is CC=CC(=O)OCCCCCCCCCC[Si](Br)(Br)Br. The Balaban J connectivity index is 3.16. The van der Waals surface area contributed by atoms with E-state index in [4.69, 9.17) is 4.74 Å². The standard InChI is InChI=1S/C14H25Br3O2Si/c1-2-11-14(18)19-12-9-7-5-3-4-6-8-10-13-20(15,16)17/h2,11H,3-10,12-13H2,1H3. The Hall–Kier alpha value is 0.867. The number of esters is 1. The minimum atomic E-state index is -1.37. The summed E-state index contributed by atoms with van der Waals surface area (Å²) in [5.74, 6) is -0.225. The molecule has 0 spiro atoms. The third-order valence-corrected chi connectivity index (χ3v) is 7.39. The average Bonchev–Trinajstić information content (AvgIpc) is 2.35. The Morgan fingerprint density at radius 1 is 0.950 bits per heavy atom. The molecule has 0 N–H and O–H groups in total. The lowest BCUT2D eigenvalue weighted by atomic mass is 10.1. The van der Waals surface area contributed by atoms with Gasteiger partial charge in [0.15, 0.2) is 0 Å². The molecule has 0 bridgehead atoms. The molecule has 0 saturated carbocycles. The van der Waals surface area contributed by atoms with Gasteiger partial charge in [-0.25, -0.2) is 4.79 Å². The zero-order valence-corrected chi connectivity index (χ0v) is 17.9. The van der Waals surface area contributed by atoms with E-state index in [-0.39, 0.29) is 5.97 Å². The zero-order chi connectivity index (χ0) is 15.3. The van der Waals surface area contributed by atoms with Crippen molar-refractivity contribution in [3.8, 4) is 0 Å². The van der Waals surface area contributed by atoms with E-state index in [0.29, 0.717) is 6.61 Å². The minimum Gasteiger partial charge on any atom is -0.463 e. The van der Waals surface area contributed by atoms with Crippen molar-refractivity contribution < 1.29 is 9.53 Å². The monoisotopic (exact) mass is 490 g/mol. The summed E-state index contributed by atoms with van der Waals surface area (Å²) in [7, 11) is 0. The van der Waals surface area contributed by atoms with Gasteiger partial charge in [-0.1, -0.05) is 96.9 Å². The molecule has 0 saturated heterocycles. The second-order valence-corrected chi connectivity index (χ2v) is 28.4. The second kappa shape index (κ2) is 13.5. The molecular formula is C14H25Br3O2Si. The maximum absolute atomic E-state index is 11.0. The first-order valence-corrected chi connectivity index (χ1v) is 16.3. The van der Waals surface area contributed by atoms with Crippen LogP contribution in [0.2, 0.25) is 6.04 Å². The van der Waals surface area contributed by atoms with Crippen LogP contribution >= 0.6 is 45.9 Å². The molecular weight excluding hydrogens is 468 g/mol. The molecule has 0 atom stereocenters. The predicted molar refractivity (Wildman–Crippen MR) is 100 cm³/mol. The quantitative estimate of drug-likeness (QED) is 0.104. The van der Waals surface area contributed by atoms with E-state index in [0.717, 1.165) is 12.8 Å². The maximum Gasteiger partial charge on any atom is 0.330 e. The molecule has 118 valence electrons. The van der Waals surface area contributed by atoms with E-state index in [1.807, 2.05) is 6.92 Å². The fourth-order valence-corrected chi connectivity index (χ4v) is 5.02. The molecule has 0 aliphatic carbocycles. The van der Waals surface area contributed by atoms with Gasteiger partial charge in [-0.2, -0.15) is 0 Å². The van der Waals surface area contributed by atoms with Gasteiger partial charge in [-0.05, 0) is 19.4 Å². The van der Waals surface area contributed by atoms with Crippen molar-refractivity contribution in [2.45, 2.75) is 64.3 Å². The first kappa shape index (κ1) is 20.9. The van der Waals surface area contributed by atoms with Crippen molar-refractivity contribution in [2.75, 3.05) is 6.61 Å². The third kappa shape index (κ3) is 16.9. The summed E-state index contributed by atoms with van der Waals surface area (Å²) in [5.41, 5.74) is 0. The van der Waals surface area contributed by atoms with Crippen LogP contribution in [0.1, 0.15) is 58.3 Å². The normalized spacial score (nSPS) is 12.0. The highest BCUT2D eigenvalue weighted by Crippen LogP contribution is 2.33. The molecule has 0 amide bonds. The Bertz CT molecular complexity index is 278. The van der Waals surface area contributed by atoms with Crippen LogP contribution in [0.15, 0.2) is 12.2 Å². The lowest BCUT2D eigenvalue weighted by molar-refractivity contribution is -0.137. The number of rotatable bonds is 12. The molecule has 6 heteroatoms. The predicted octanol–water partition coefficient (Wildman–Crippen LogP) is 6.35. The number of unbranched alkanes of at least 4 members (excludes halogenated alkanes) is 7. The van der Waals surface area contributed by atoms with Crippen molar-refractivity contribution >= 4 is 55.8 Å². The second-order valence-electron chi connectivity index (χ2n) is 4.86. The van der Waals surface area contributed by atoms with Crippen LogP contribution in [0.25, 0.3) is 0 Å². The summed E-state index contributed by atoms with van der Waals surface area (Å²) in [5, 5.41) is 0. The fourth-order valence-electron chi connectivity index (χ4n) is 1.85. The Morgan fingerprint density at radius 2 is 1.45 bits per heavy atom. The highest BCUT2D eigenvalue weighted by molar-refractivity contribution is 9.72. The Labute approximate surface area is 147 Å². The molecule has 0 unspecified atom stereocenters. The van der Waals surface area contributed by atoms with E-state index >= 15 is 0 Å². The van der Waals surface area contributed by atoms with Crippen LogP contribution in [0.3, 0.4) is 0 Å². The first-order chi connectivity index (χ1) is 9.45. The molecule has 0 heterocycles. The number of halogens is 3. The molecule has 0 radical (unpaired) electrons. The highest BCUT2D eigenvalue weighted by Gasteiger charge is 2.20. The van der Waals surface area contributed by atoms with Crippen LogP contribution < -0.4 is 0 Å². The van der Waals surface area contributed by atoms with Gasteiger partial charge in [0.25, 0.3) is 3.93 Å². The summed E-state index contributed by atoms with van der Waals surface area (Å²) in [6.45, 7) is 2.37. The number of ether oxygens (including phenoxy) is 1. The summed E-state index contributed by atoms with van der Waals surface area (Å²) in [4.78, 5) is 11.0. The molecule has 0 rings (SSSR count). The largest absolute Gasteiger partial charge is 0.463 e. The lowest BCUT2D eigenvalue weighted by Crippen LogP contribution is -2.04. The molecule has 0 aromatic rings. The van der Waals surface area contributed by atoms with E-state index in [1.54, 1.807) is 6.08 Å². The van der Waals surface area contributed by atoms with E-state index in [9.17, 15) is 4.79 Å². The van der Waals surface area contributed by atoms with Crippen molar-refractivity contribution in [3.05, 3.63) is 12.2 Å². The fraction of sp³-hybridized carbons (Fsp3) is 0.786. The topological polar surface area (TPSA) is 26.3 Å². The number of hydrogen-bond acceptors (Lipinski definition) is 2. The van der Waals surface area contributed by atoms with Crippen LogP contribution in [-0.4, -0.2) is 16.5 Å². The number of allylic oxidation sites excluding steroid dienone is 1. The number of hydrogen-bond donors (Lipinski definition) is 0. The molecule has 2 nitrogen and oxygen atoms in total. The Kier molecular flexibility index (Phi) is 14.1. The van der Waals surface area contributed by atoms with Gasteiger partial charge in [0.1, 0.15) is 0 Å². The first-order valence-electron chi connectivity index (χ1n) is 7.32. The molecule has 0 aliphatic rings. The number of carbonyl (C=O) groups excluding carboxylic acids is 1. The van der Waals surface area contributed by atoms with E-state index in [1.165, 1.54) is 50.6 Å². The summed E-state index contributed by atoms with van der Waals surface area (Å²) in [6, 6.07) is 1.23. The van der Waals surface area contributed by atoms with Crippen molar-refractivity contribution in [1.82, 2.24) is 0 Å². The lowest BCUT2D eigenvalue weighted by Gasteiger charge is -2.08. The van der Waals surface area contributed by atoms with Crippen LogP contribution in [-0.2, 0) is 9.53 Å². The summed E-state index contributed by atoms with van der Waals surface area (Å²) in [6.07, 6.45) is 13.1. The van der Waals surface area contributed by atoms with Crippen molar-refractivity contribution in [1.29, 1.82) is 0 Å². The molecule has 0 fully saturated rings. The molecule has 20 heavy (non-hydrogen) atoms. The zero-order valence-electron chi connectivity index (χ0n) is 12.2. The third-order valence-electron chi connectivity index (χ3n) is 2.90. The molecule has 0 aliphatic heterocycles. The summed E-state index contributed by atoms with van der Waals surface area (Å²) >= 11 is 10.9. The number of carbonyl (C=O) groups is 1. The van der Waals surface area contributed by atoms with Gasteiger partial charge in [-0.15, -0.1) is 0 Å². The van der Waals surface area contributed by atoms with Gasteiger partial charge in [0, 0.05) is 6.08 Å². The highest BCUT2D eigenvalue weighted by atomic mass is 80.0. The smallest absolute Gasteiger partial charge is 0.330 e. The summed E-state index contributed by atoms with van der Waals surface area (Å²) < 4.78 is 3.67. The van der Waals surface area contributed by atoms with Crippen molar-refractivity contribution in [3.63, 3.8) is 0 Å². The molecule has 0 aromatic carbocycles.